The Labute approximate surface area is 132 Å². The summed E-state index contributed by atoms with van der Waals surface area (Å²) in [4.78, 5) is 14.0. The van der Waals surface area contributed by atoms with Crippen molar-refractivity contribution < 1.29 is 4.79 Å². The van der Waals surface area contributed by atoms with Crippen LogP contribution in [0.3, 0.4) is 0 Å². The first kappa shape index (κ1) is 17.8. The second kappa shape index (κ2) is 10.5. The minimum absolute atomic E-state index is 0.110. The van der Waals surface area contributed by atoms with Crippen molar-refractivity contribution in [3.8, 4) is 0 Å². The van der Waals surface area contributed by atoms with E-state index < -0.39 is 0 Å². The van der Waals surface area contributed by atoms with Crippen LogP contribution < -0.4 is 10.6 Å². The van der Waals surface area contributed by atoms with Crippen LogP contribution in [-0.4, -0.2) is 43.7 Å². The predicted molar refractivity (Wildman–Crippen MR) is 89.0 cm³/mol. The van der Waals surface area contributed by atoms with Gasteiger partial charge in [-0.2, -0.15) is 0 Å². The van der Waals surface area contributed by atoms with Gasteiger partial charge in [0.1, 0.15) is 0 Å². The van der Waals surface area contributed by atoms with Crippen LogP contribution in [0.15, 0.2) is 24.3 Å². The zero-order valence-corrected chi connectivity index (χ0v) is 13.7. The van der Waals surface area contributed by atoms with Crippen molar-refractivity contribution in [2.75, 3.05) is 32.7 Å². The van der Waals surface area contributed by atoms with Gasteiger partial charge in [-0.3, -0.25) is 0 Å². The zero-order chi connectivity index (χ0) is 15.5. The number of urea groups is 1. The molecule has 2 N–H and O–H groups in total. The van der Waals surface area contributed by atoms with E-state index in [2.05, 4.69) is 29.4 Å². The Hall–Kier alpha value is -1.26. The van der Waals surface area contributed by atoms with Gasteiger partial charge in [0.15, 0.2) is 0 Å². The van der Waals surface area contributed by atoms with Crippen molar-refractivity contribution in [1.82, 2.24) is 15.5 Å². The van der Waals surface area contributed by atoms with E-state index in [1.165, 1.54) is 0 Å². The lowest BCUT2D eigenvalue weighted by Crippen LogP contribution is -2.38. The molecule has 4 nitrogen and oxygen atoms in total. The summed E-state index contributed by atoms with van der Waals surface area (Å²) >= 11 is 6.07. The highest BCUT2D eigenvalue weighted by atomic mass is 35.5. The zero-order valence-electron chi connectivity index (χ0n) is 13.0. The van der Waals surface area contributed by atoms with Crippen LogP contribution >= 0.6 is 11.6 Å². The summed E-state index contributed by atoms with van der Waals surface area (Å²) in [7, 11) is 0. The van der Waals surface area contributed by atoms with E-state index in [9.17, 15) is 4.79 Å². The standard InChI is InChI=1S/C16H26ClN3O/c1-3-20(4-2)13-7-11-18-16(21)19-12-10-14-8-5-6-9-15(14)17/h5-6,8-9H,3-4,7,10-13H2,1-2H3,(H2,18,19,21). The first-order valence-corrected chi connectivity index (χ1v) is 8.02. The molecule has 118 valence electrons. The molecule has 0 fully saturated rings. The number of amides is 2. The number of benzene rings is 1. The largest absolute Gasteiger partial charge is 0.338 e. The van der Waals surface area contributed by atoms with Crippen LogP contribution in [0.4, 0.5) is 4.79 Å². The van der Waals surface area contributed by atoms with E-state index in [0.29, 0.717) is 13.1 Å². The minimum Gasteiger partial charge on any atom is -0.338 e. The first-order chi connectivity index (χ1) is 10.2. The molecule has 0 saturated heterocycles. The van der Waals surface area contributed by atoms with Crippen LogP contribution in [0, 0.1) is 0 Å². The molecule has 0 unspecified atom stereocenters. The van der Waals surface area contributed by atoms with Crippen molar-refractivity contribution in [3.05, 3.63) is 34.9 Å². The van der Waals surface area contributed by atoms with Crippen molar-refractivity contribution in [1.29, 1.82) is 0 Å². The summed E-state index contributed by atoms with van der Waals surface area (Å²) in [5, 5.41) is 6.48. The van der Waals surface area contributed by atoms with Gasteiger partial charge in [0, 0.05) is 18.1 Å². The van der Waals surface area contributed by atoms with Crippen LogP contribution in [0.2, 0.25) is 5.02 Å². The van der Waals surface area contributed by atoms with E-state index >= 15 is 0 Å². The molecule has 0 radical (unpaired) electrons. The Bertz CT molecular complexity index is 422. The summed E-state index contributed by atoms with van der Waals surface area (Å²) in [6.45, 7) is 8.73. The van der Waals surface area contributed by atoms with Gasteiger partial charge in [0.2, 0.25) is 0 Å². The minimum atomic E-state index is -0.110. The van der Waals surface area contributed by atoms with Crippen molar-refractivity contribution in [2.24, 2.45) is 0 Å². The number of nitrogens with zero attached hydrogens (tertiary/aromatic N) is 1. The predicted octanol–water partition coefficient (Wildman–Crippen LogP) is 2.91. The Morgan fingerprint density at radius 2 is 1.81 bits per heavy atom. The number of nitrogens with one attached hydrogen (secondary N) is 2. The topological polar surface area (TPSA) is 44.4 Å². The fourth-order valence-corrected chi connectivity index (χ4v) is 2.35. The molecule has 1 rings (SSSR count). The van der Waals surface area contributed by atoms with E-state index in [-0.39, 0.29) is 6.03 Å². The van der Waals surface area contributed by atoms with Gasteiger partial charge < -0.3 is 15.5 Å². The van der Waals surface area contributed by atoms with Crippen LogP contribution in [0.1, 0.15) is 25.8 Å². The highest BCUT2D eigenvalue weighted by Crippen LogP contribution is 2.14. The molecule has 1 aromatic carbocycles. The SMILES string of the molecule is CCN(CC)CCCNC(=O)NCCc1ccccc1Cl. The monoisotopic (exact) mass is 311 g/mol. The fraction of sp³-hybridized carbons (Fsp3) is 0.562. The lowest BCUT2D eigenvalue weighted by Gasteiger charge is -2.17. The molecule has 21 heavy (non-hydrogen) atoms. The number of halogens is 1. The molecular formula is C16H26ClN3O. The molecule has 0 saturated carbocycles. The van der Waals surface area contributed by atoms with Gasteiger partial charge >= 0.3 is 6.03 Å². The lowest BCUT2D eigenvalue weighted by molar-refractivity contribution is 0.239. The van der Waals surface area contributed by atoms with Gasteiger partial charge in [-0.1, -0.05) is 43.6 Å². The highest BCUT2D eigenvalue weighted by molar-refractivity contribution is 6.31. The van der Waals surface area contributed by atoms with Crippen molar-refractivity contribution in [3.63, 3.8) is 0 Å². The van der Waals surface area contributed by atoms with Crippen molar-refractivity contribution in [2.45, 2.75) is 26.7 Å². The summed E-state index contributed by atoms with van der Waals surface area (Å²) in [6.07, 6.45) is 1.71. The Morgan fingerprint density at radius 3 is 2.48 bits per heavy atom. The molecule has 2 amide bonds. The van der Waals surface area contributed by atoms with Crippen LogP contribution in [0.5, 0.6) is 0 Å². The quantitative estimate of drug-likeness (QED) is 0.689. The Morgan fingerprint density at radius 1 is 1.14 bits per heavy atom. The molecule has 0 bridgehead atoms. The van der Waals surface area contributed by atoms with Crippen molar-refractivity contribution >= 4 is 17.6 Å². The van der Waals surface area contributed by atoms with Crippen LogP contribution in [-0.2, 0) is 6.42 Å². The van der Waals surface area contributed by atoms with E-state index in [1.54, 1.807) is 0 Å². The summed E-state index contributed by atoms with van der Waals surface area (Å²) in [5.41, 5.74) is 1.06. The summed E-state index contributed by atoms with van der Waals surface area (Å²) in [5.74, 6) is 0. The lowest BCUT2D eigenvalue weighted by atomic mass is 10.1. The third-order valence-corrected chi connectivity index (χ3v) is 3.84. The van der Waals surface area contributed by atoms with Gasteiger partial charge in [-0.25, -0.2) is 4.79 Å². The number of carbonyl (C=O) groups is 1. The Balaban J connectivity index is 2.10. The average Bonchev–Trinajstić information content (AvgIpc) is 2.49. The molecular weight excluding hydrogens is 286 g/mol. The average molecular weight is 312 g/mol. The third-order valence-electron chi connectivity index (χ3n) is 3.47. The van der Waals surface area contributed by atoms with Gasteiger partial charge in [0.25, 0.3) is 0 Å². The summed E-state index contributed by atoms with van der Waals surface area (Å²) in [6, 6.07) is 7.59. The number of hydrogen-bond acceptors (Lipinski definition) is 2. The van der Waals surface area contributed by atoms with E-state index in [1.807, 2.05) is 24.3 Å². The molecule has 1 aromatic rings. The van der Waals surface area contributed by atoms with Gasteiger partial charge in [0.05, 0.1) is 0 Å². The molecule has 0 aliphatic heterocycles. The maximum absolute atomic E-state index is 11.6. The molecule has 5 heteroatoms. The van der Waals surface area contributed by atoms with Crippen LogP contribution in [0.25, 0.3) is 0 Å². The third kappa shape index (κ3) is 7.34. The van der Waals surface area contributed by atoms with Gasteiger partial charge in [-0.15, -0.1) is 0 Å². The number of rotatable bonds is 9. The number of hydrogen-bond donors (Lipinski definition) is 2. The maximum Gasteiger partial charge on any atom is 0.314 e. The molecule has 0 spiro atoms. The fourth-order valence-electron chi connectivity index (χ4n) is 2.12. The summed E-state index contributed by atoms with van der Waals surface area (Å²) < 4.78 is 0. The molecule has 0 heterocycles. The molecule has 0 aliphatic carbocycles. The molecule has 0 aliphatic rings. The highest BCUT2D eigenvalue weighted by Gasteiger charge is 2.03. The molecule has 0 atom stereocenters. The second-order valence-corrected chi connectivity index (χ2v) is 5.31. The normalized spacial score (nSPS) is 10.7. The van der Waals surface area contributed by atoms with Gasteiger partial charge in [-0.05, 0) is 44.1 Å². The second-order valence-electron chi connectivity index (χ2n) is 4.90. The number of carbonyl (C=O) groups excluding carboxylic acids is 1. The Kier molecular flexibility index (Phi) is 8.87. The van der Waals surface area contributed by atoms with E-state index in [0.717, 1.165) is 43.1 Å². The smallest absolute Gasteiger partial charge is 0.314 e. The maximum atomic E-state index is 11.6. The first-order valence-electron chi connectivity index (χ1n) is 7.64. The molecule has 0 aromatic heterocycles. The van der Waals surface area contributed by atoms with E-state index in [4.69, 9.17) is 11.6 Å².